The molecule has 0 fully saturated rings. The number of allylic oxidation sites excluding steroid dienone is 4. The zero-order chi connectivity index (χ0) is 25.8. The highest BCUT2D eigenvalue weighted by Gasteiger charge is 2.48. The van der Waals surface area contributed by atoms with E-state index in [4.69, 9.17) is 4.74 Å². The molecule has 188 valence electrons. The van der Waals surface area contributed by atoms with Crippen molar-refractivity contribution in [2.45, 2.75) is 65.7 Å². The number of phenolic OH excluding ortho intramolecular Hbond substituents is 2. The normalized spacial score (nSPS) is 22.1. The van der Waals surface area contributed by atoms with Gasteiger partial charge in [0, 0.05) is 60.3 Å². The summed E-state index contributed by atoms with van der Waals surface area (Å²) in [6.07, 6.45) is 2.57. The molecule has 1 unspecified atom stereocenters. The lowest BCUT2D eigenvalue weighted by molar-refractivity contribution is -0.121. The van der Waals surface area contributed by atoms with Crippen molar-refractivity contribution in [1.29, 1.82) is 0 Å². The lowest BCUT2D eigenvalue weighted by atomic mass is 9.65. The first-order chi connectivity index (χ1) is 16.9. The molecule has 0 saturated heterocycles. The van der Waals surface area contributed by atoms with Gasteiger partial charge in [-0.2, -0.15) is 0 Å². The second-order valence-electron chi connectivity index (χ2n) is 12.2. The molecule has 36 heavy (non-hydrogen) atoms. The lowest BCUT2D eigenvalue weighted by Crippen LogP contribution is -2.39. The van der Waals surface area contributed by atoms with Crippen LogP contribution >= 0.6 is 0 Å². The fourth-order valence-corrected chi connectivity index (χ4v) is 6.23. The number of ketones is 2. The Morgan fingerprint density at radius 2 is 1.39 bits per heavy atom. The van der Waals surface area contributed by atoms with E-state index in [1.165, 1.54) is 6.07 Å². The summed E-state index contributed by atoms with van der Waals surface area (Å²) in [5.74, 6) is 0.760. The number of carbonyl (C=O) groups is 2. The third-order valence-corrected chi connectivity index (χ3v) is 7.76. The third-order valence-electron chi connectivity index (χ3n) is 7.76. The van der Waals surface area contributed by atoms with Crippen molar-refractivity contribution in [2.75, 3.05) is 0 Å². The number of aromatic hydroxyl groups is 2. The first-order valence-corrected chi connectivity index (χ1v) is 12.7. The Hall–Kier alpha value is -3.34. The number of hydrogen-bond donors (Lipinski definition) is 2. The molecule has 5 nitrogen and oxygen atoms in total. The average molecular weight is 487 g/mol. The zero-order valence-electron chi connectivity index (χ0n) is 21.4. The van der Waals surface area contributed by atoms with E-state index in [1.54, 1.807) is 12.1 Å². The van der Waals surface area contributed by atoms with Gasteiger partial charge in [0.1, 0.15) is 23.0 Å². The van der Waals surface area contributed by atoms with E-state index >= 15 is 0 Å². The quantitative estimate of drug-likeness (QED) is 0.512. The first kappa shape index (κ1) is 24.4. The van der Waals surface area contributed by atoms with Crippen LogP contribution in [0.4, 0.5) is 0 Å². The average Bonchev–Trinajstić information content (AvgIpc) is 2.76. The van der Waals surface area contributed by atoms with Gasteiger partial charge in [-0.05, 0) is 28.9 Å². The molecule has 0 bridgehead atoms. The van der Waals surface area contributed by atoms with Crippen LogP contribution in [-0.2, 0) is 14.3 Å². The Bertz CT molecular complexity index is 1240. The maximum absolute atomic E-state index is 13.6. The molecule has 0 spiro atoms. The maximum atomic E-state index is 13.6. The summed E-state index contributed by atoms with van der Waals surface area (Å²) in [5.41, 5.74) is 2.46. The number of carbonyl (C=O) groups excluding carboxylic acids is 2. The second kappa shape index (κ2) is 8.65. The summed E-state index contributed by atoms with van der Waals surface area (Å²) in [7, 11) is 0. The molecule has 5 rings (SSSR count). The predicted octanol–water partition coefficient (Wildman–Crippen LogP) is 6.55. The van der Waals surface area contributed by atoms with Crippen molar-refractivity contribution in [3.8, 4) is 11.5 Å². The minimum atomic E-state index is -0.408. The van der Waals surface area contributed by atoms with E-state index in [1.807, 2.05) is 30.3 Å². The van der Waals surface area contributed by atoms with Gasteiger partial charge in [0.25, 0.3) is 0 Å². The molecular weight excluding hydrogens is 452 g/mol. The highest BCUT2D eigenvalue weighted by molar-refractivity contribution is 6.04. The van der Waals surface area contributed by atoms with Crippen LogP contribution in [0.3, 0.4) is 0 Å². The van der Waals surface area contributed by atoms with Crippen LogP contribution in [0, 0.1) is 16.7 Å². The van der Waals surface area contributed by atoms with Gasteiger partial charge in [-0.25, -0.2) is 0 Å². The summed E-state index contributed by atoms with van der Waals surface area (Å²) < 4.78 is 6.40. The third kappa shape index (κ3) is 4.47. The summed E-state index contributed by atoms with van der Waals surface area (Å²) in [6, 6.07) is 14.5. The Kier molecular flexibility index (Phi) is 5.85. The molecule has 0 amide bonds. The van der Waals surface area contributed by atoms with Crippen LogP contribution in [0.5, 0.6) is 11.5 Å². The smallest absolute Gasteiger partial charge is 0.163 e. The van der Waals surface area contributed by atoms with Crippen LogP contribution in [0.15, 0.2) is 71.2 Å². The molecule has 0 radical (unpaired) electrons. The Labute approximate surface area is 212 Å². The van der Waals surface area contributed by atoms with Gasteiger partial charge in [-0.3, -0.25) is 9.59 Å². The highest BCUT2D eigenvalue weighted by atomic mass is 16.5. The molecule has 2 N–H and O–H groups in total. The predicted molar refractivity (Wildman–Crippen MR) is 137 cm³/mol. The number of rotatable bonds is 4. The number of Topliss-reactive ketones (excluding diaryl/α,β-unsaturated/α-hetero) is 2. The van der Waals surface area contributed by atoms with Crippen molar-refractivity contribution in [3.05, 3.63) is 82.3 Å². The Balaban J connectivity index is 1.66. The number of phenols is 2. The van der Waals surface area contributed by atoms with Crippen LogP contribution in [0.2, 0.25) is 0 Å². The van der Waals surface area contributed by atoms with Gasteiger partial charge in [-0.15, -0.1) is 0 Å². The standard InChI is InChI=1S/C31H34O5/c1-30(2)14-24(34)28-22(29-25(35)15-31(3,4)17-27(29)36-26(28)16-30)13-21(18-8-6-5-7-9-18)20-11-10-19(32)12-23(20)33/h5-12,21-22,32-33H,13-17H2,1-4H3. The fourth-order valence-electron chi connectivity index (χ4n) is 6.23. The van der Waals surface area contributed by atoms with Gasteiger partial charge in [0.15, 0.2) is 11.6 Å². The zero-order valence-corrected chi connectivity index (χ0v) is 21.4. The molecule has 0 aromatic heterocycles. The van der Waals surface area contributed by atoms with Gasteiger partial charge < -0.3 is 14.9 Å². The highest BCUT2D eigenvalue weighted by Crippen LogP contribution is 2.53. The van der Waals surface area contributed by atoms with Gasteiger partial charge in [0.2, 0.25) is 0 Å². The molecule has 0 saturated carbocycles. The Morgan fingerprint density at radius 1 is 0.833 bits per heavy atom. The van der Waals surface area contributed by atoms with Crippen LogP contribution in [-0.4, -0.2) is 21.8 Å². The summed E-state index contributed by atoms with van der Waals surface area (Å²) >= 11 is 0. The molecular formula is C31H34O5. The van der Waals surface area contributed by atoms with E-state index in [9.17, 15) is 19.8 Å². The van der Waals surface area contributed by atoms with Crippen LogP contribution < -0.4 is 0 Å². The van der Waals surface area contributed by atoms with E-state index in [0.29, 0.717) is 60.3 Å². The van der Waals surface area contributed by atoms with Crippen molar-refractivity contribution >= 4 is 11.6 Å². The topological polar surface area (TPSA) is 83.8 Å². The molecule has 1 aliphatic heterocycles. The van der Waals surface area contributed by atoms with Crippen molar-refractivity contribution in [2.24, 2.45) is 16.7 Å². The molecule has 1 atom stereocenters. The Morgan fingerprint density at radius 3 is 1.92 bits per heavy atom. The molecule has 2 aromatic rings. The van der Waals surface area contributed by atoms with E-state index < -0.39 is 5.92 Å². The lowest BCUT2D eigenvalue weighted by Gasteiger charge is -2.43. The molecule has 5 heteroatoms. The second-order valence-corrected chi connectivity index (χ2v) is 12.2. The van der Waals surface area contributed by atoms with Gasteiger partial charge >= 0.3 is 0 Å². The van der Waals surface area contributed by atoms with Crippen molar-refractivity contribution in [3.63, 3.8) is 0 Å². The summed E-state index contributed by atoms with van der Waals surface area (Å²) in [6.45, 7) is 8.31. The van der Waals surface area contributed by atoms with Gasteiger partial charge in [0.05, 0.1) is 0 Å². The fraction of sp³-hybridized carbons (Fsp3) is 0.419. The minimum absolute atomic E-state index is 0.00785. The number of benzene rings is 2. The number of hydrogen-bond acceptors (Lipinski definition) is 5. The van der Waals surface area contributed by atoms with Crippen molar-refractivity contribution in [1.82, 2.24) is 0 Å². The SMILES string of the molecule is CC1(C)CC(=O)C2=C(C1)OC1=C(C(=O)CC(C)(C)C1)C2CC(c1ccccc1)c1ccc(O)cc1O. The van der Waals surface area contributed by atoms with E-state index in [0.717, 1.165) is 5.56 Å². The van der Waals surface area contributed by atoms with E-state index in [2.05, 4.69) is 27.7 Å². The molecule has 2 aromatic carbocycles. The molecule has 1 heterocycles. The number of ether oxygens (including phenoxy) is 1. The van der Waals surface area contributed by atoms with E-state index in [-0.39, 0.29) is 39.8 Å². The minimum Gasteiger partial charge on any atom is -0.508 e. The monoisotopic (exact) mass is 486 g/mol. The molecule has 3 aliphatic rings. The van der Waals surface area contributed by atoms with Crippen LogP contribution in [0.1, 0.15) is 76.8 Å². The summed E-state index contributed by atoms with van der Waals surface area (Å²) in [5, 5.41) is 20.7. The maximum Gasteiger partial charge on any atom is 0.163 e. The van der Waals surface area contributed by atoms with Crippen LogP contribution in [0.25, 0.3) is 0 Å². The van der Waals surface area contributed by atoms with Gasteiger partial charge in [-0.1, -0.05) is 64.1 Å². The largest absolute Gasteiger partial charge is 0.508 e. The first-order valence-electron chi connectivity index (χ1n) is 12.7. The molecule has 2 aliphatic carbocycles. The van der Waals surface area contributed by atoms with Crippen molar-refractivity contribution < 1.29 is 24.5 Å². The summed E-state index contributed by atoms with van der Waals surface area (Å²) in [4.78, 5) is 27.1.